The second-order valence-corrected chi connectivity index (χ2v) is 8.34. The van der Waals surface area contributed by atoms with Crippen molar-refractivity contribution in [2.45, 2.75) is 20.0 Å². The fourth-order valence-electron chi connectivity index (χ4n) is 3.86. The Hall–Kier alpha value is -3.43. The average molecular weight is 409 g/mol. The molecular weight excluding hydrogens is 380 g/mol. The Balaban J connectivity index is 1.46. The Labute approximate surface area is 184 Å². The number of fused-ring (bicyclic) bond motifs is 1. The summed E-state index contributed by atoms with van der Waals surface area (Å²) in [7, 11) is 4.15. The zero-order chi connectivity index (χ0) is 21.8. The molecule has 3 heteroatoms. The smallest absolute Gasteiger partial charge is 0.251 e. The summed E-state index contributed by atoms with van der Waals surface area (Å²) in [6.45, 7) is 3.49. The van der Waals surface area contributed by atoms with Crippen molar-refractivity contribution in [1.82, 2.24) is 10.2 Å². The number of benzene rings is 4. The van der Waals surface area contributed by atoms with Crippen molar-refractivity contribution in [2.75, 3.05) is 14.1 Å². The molecule has 4 aromatic rings. The van der Waals surface area contributed by atoms with E-state index in [0.29, 0.717) is 12.1 Å². The predicted octanol–water partition coefficient (Wildman–Crippen LogP) is 5.81. The molecule has 0 aliphatic carbocycles. The van der Waals surface area contributed by atoms with E-state index in [0.717, 1.165) is 23.2 Å². The number of carbonyl (C=O) groups excluding carboxylic acids is 1. The minimum absolute atomic E-state index is 0.0586. The van der Waals surface area contributed by atoms with Crippen LogP contribution in [-0.4, -0.2) is 24.9 Å². The van der Waals surface area contributed by atoms with Crippen LogP contribution < -0.4 is 5.32 Å². The first kappa shape index (κ1) is 20.8. The Kier molecular flexibility index (Phi) is 6.15. The number of hydrogen-bond acceptors (Lipinski definition) is 2. The minimum Gasteiger partial charge on any atom is -0.348 e. The molecule has 156 valence electrons. The van der Waals surface area contributed by atoms with Gasteiger partial charge in [0.05, 0.1) is 0 Å². The molecular formula is C28H28N2O. The molecule has 0 spiro atoms. The summed E-state index contributed by atoms with van der Waals surface area (Å²) in [5, 5.41) is 5.46. The molecule has 31 heavy (non-hydrogen) atoms. The Morgan fingerprint density at radius 2 is 1.52 bits per heavy atom. The third-order valence-corrected chi connectivity index (χ3v) is 5.51. The third kappa shape index (κ3) is 5.01. The van der Waals surface area contributed by atoms with E-state index in [4.69, 9.17) is 0 Å². The zero-order valence-corrected chi connectivity index (χ0v) is 18.4. The monoisotopic (exact) mass is 408 g/mol. The van der Waals surface area contributed by atoms with Crippen molar-refractivity contribution in [3.05, 3.63) is 107 Å². The lowest BCUT2D eigenvalue weighted by atomic mass is 10.0. The Morgan fingerprint density at radius 1 is 0.839 bits per heavy atom. The number of hydrogen-bond donors (Lipinski definition) is 1. The summed E-state index contributed by atoms with van der Waals surface area (Å²) in [5.74, 6) is -0.0586. The molecule has 0 aliphatic heterocycles. The summed E-state index contributed by atoms with van der Waals surface area (Å²) in [6, 6.07) is 29.0. The zero-order valence-electron chi connectivity index (χ0n) is 18.4. The van der Waals surface area contributed by atoms with E-state index in [2.05, 4.69) is 91.9 Å². The van der Waals surface area contributed by atoms with Gasteiger partial charge in [-0.3, -0.25) is 4.79 Å². The molecule has 0 heterocycles. The second kappa shape index (κ2) is 9.15. The molecule has 0 bridgehead atoms. The quantitative estimate of drug-likeness (QED) is 0.437. The van der Waals surface area contributed by atoms with Crippen LogP contribution >= 0.6 is 0 Å². The molecule has 1 amide bonds. The molecule has 0 aliphatic rings. The molecule has 4 aromatic carbocycles. The number of aryl methyl sites for hydroxylation is 1. The van der Waals surface area contributed by atoms with Crippen molar-refractivity contribution in [1.29, 1.82) is 0 Å². The van der Waals surface area contributed by atoms with Gasteiger partial charge in [0.1, 0.15) is 0 Å². The van der Waals surface area contributed by atoms with E-state index in [1.807, 2.05) is 24.3 Å². The normalized spacial score (nSPS) is 11.1. The molecule has 0 radical (unpaired) electrons. The van der Waals surface area contributed by atoms with Crippen LogP contribution in [0.4, 0.5) is 0 Å². The highest BCUT2D eigenvalue weighted by molar-refractivity contribution is 5.95. The number of rotatable bonds is 6. The van der Waals surface area contributed by atoms with Gasteiger partial charge >= 0.3 is 0 Å². The minimum atomic E-state index is -0.0586. The van der Waals surface area contributed by atoms with Gasteiger partial charge in [0.15, 0.2) is 0 Å². The lowest BCUT2D eigenvalue weighted by molar-refractivity contribution is 0.0951. The first-order valence-corrected chi connectivity index (χ1v) is 10.6. The van der Waals surface area contributed by atoms with Crippen molar-refractivity contribution >= 4 is 16.7 Å². The number of amides is 1. The lowest BCUT2D eigenvalue weighted by Gasteiger charge is -2.12. The van der Waals surface area contributed by atoms with Crippen molar-refractivity contribution < 1.29 is 4.79 Å². The largest absolute Gasteiger partial charge is 0.348 e. The highest BCUT2D eigenvalue weighted by Gasteiger charge is 2.08. The summed E-state index contributed by atoms with van der Waals surface area (Å²) >= 11 is 0. The van der Waals surface area contributed by atoms with Crippen LogP contribution in [0, 0.1) is 6.92 Å². The summed E-state index contributed by atoms with van der Waals surface area (Å²) in [6.07, 6.45) is 0. The van der Waals surface area contributed by atoms with Crippen LogP contribution in [0.15, 0.2) is 84.9 Å². The van der Waals surface area contributed by atoms with Crippen LogP contribution in [0.2, 0.25) is 0 Å². The molecule has 0 saturated heterocycles. The third-order valence-electron chi connectivity index (χ3n) is 5.51. The van der Waals surface area contributed by atoms with Crippen molar-refractivity contribution in [2.24, 2.45) is 0 Å². The van der Waals surface area contributed by atoms with Crippen molar-refractivity contribution in [3.63, 3.8) is 0 Å². The van der Waals surface area contributed by atoms with E-state index >= 15 is 0 Å². The average Bonchev–Trinajstić information content (AvgIpc) is 2.77. The second-order valence-electron chi connectivity index (χ2n) is 8.34. The molecule has 0 unspecified atom stereocenters. The lowest BCUT2D eigenvalue weighted by Crippen LogP contribution is -2.22. The van der Waals surface area contributed by atoms with Gasteiger partial charge in [0, 0.05) is 18.7 Å². The number of carbonyl (C=O) groups is 1. The van der Waals surface area contributed by atoms with Crippen LogP contribution in [0.25, 0.3) is 21.9 Å². The first-order chi connectivity index (χ1) is 15.0. The topological polar surface area (TPSA) is 32.3 Å². The first-order valence-electron chi connectivity index (χ1n) is 10.6. The molecule has 0 fully saturated rings. The van der Waals surface area contributed by atoms with Gasteiger partial charge in [-0.15, -0.1) is 0 Å². The maximum absolute atomic E-state index is 12.7. The number of nitrogens with one attached hydrogen (secondary N) is 1. The van der Waals surface area contributed by atoms with Crippen LogP contribution in [0.1, 0.15) is 27.0 Å². The summed E-state index contributed by atoms with van der Waals surface area (Å²) in [4.78, 5) is 14.9. The van der Waals surface area contributed by atoms with E-state index in [1.165, 1.54) is 21.9 Å². The van der Waals surface area contributed by atoms with Gasteiger partial charge in [-0.2, -0.15) is 0 Å². The van der Waals surface area contributed by atoms with Crippen LogP contribution in [0.3, 0.4) is 0 Å². The highest BCUT2D eigenvalue weighted by Crippen LogP contribution is 2.22. The summed E-state index contributed by atoms with van der Waals surface area (Å²) < 4.78 is 0. The Morgan fingerprint density at radius 3 is 2.19 bits per heavy atom. The van der Waals surface area contributed by atoms with Gasteiger partial charge < -0.3 is 10.2 Å². The van der Waals surface area contributed by atoms with Crippen molar-refractivity contribution in [3.8, 4) is 11.1 Å². The van der Waals surface area contributed by atoms with E-state index < -0.39 is 0 Å². The maximum Gasteiger partial charge on any atom is 0.251 e. The molecule has 0 aromatic heterocycles. The molecule has 4 rings (SSSR count). The van der Waals surface area contributed by atoms with E-state index in [9.17, 15) is 4.79 Å². The standard InChI is InChI=1S/C28H28N2O/c1-20-7-10-22(11-8-20)23-12-14-24(15-13-23)28(31)29-18-26-6-4-5-25-17-21(19-30(2)3)9-16-27(25)26/h4-17H,18-19H2,1-3H3,(H,29,31). The molecule has 1 N–H and O–H groups in total. The van der Waals surface area contributed by atoms with Crippen LogP contribution in [0.5, 0.6) is 0 Å². The molecule has 0 saturated carbocycles. The predicted molar refractivity (Wildman–Crippen MR) is 129 cm³/mol. The van der Waals surface area contributed by atoms with Gasteiger partial charge in [-0.25, -0.2) is 0 Å². The maximum atomic E-state index is 12.7. The van der Waals surface area contributed by atoms with Gasteiger partial charge in [0.2, 0.25) is 0 Å². The Bertz CT molecular complexity index is 1190. The highest BCUT2D eigenvalue weighted by atomic mass is 16.1. The number of nitrogens with zero attached hydrogens (tertiary/aromatic N) is 1. The SMILES string of the molecule is Cc1ccc(-c2ccc(C(=O)NCc3cccc4cc(CN(C)C)ccc34)cc2)cc1. The van der Waals surface area contributed by atoms with Gasteiger partial charge in [0.25, 0.3) is 5.91 Å². The fourth-order valence-corrected chi connectivity index (χ4v) is 3.86. The van der Waals surface area contributed by atoms with E-state index in [1.54, 1.807) is 0 Å². The fraction of sp³-hybridized carbons (Fsp3) is 0.179. The summed E-state index contributed by atoms with van der Waals surface area (Å²) in [5.41, 5.74) is 6.58. The van der Waals surface area contributed by atoms with Gasteiger partial charge in [-0.05, 0) is 72.2 Å². The van der Waals surface area contributed by atoms with Crippen LogP contribution in [-0.2, 0) is 13.1 Å². The molecule has 3 nitrogen and oxygen atoms in total. The molecule has 0 atom stereocenters. The van der Waals surface area contributed by atoms with Gasteiger partial charge in [-0.1, -0.05) is 72.3 Å². The van der Waals surface area contributed by atoms with E-state index in [-0.39, 0.29) is 5.91 Å².